The summed E-state index contributed by atoms with van der Waals surface area (Å²) in [6.45, 7) is 6.65. The van der Waals surface area contributed by atoms with Crippen LogP contribution in [0.3, 0.4) is 0 Å². The van der Waals surface area contributed by atoms with Gasteiger partial charge in [0.15, 0.2) is 0 Å². The van der Waals surface area contributed by atoms with Crippen LogP contribution < -0.4 is 0 Å². The summed E-state index contributed by atoms with van der Waals surface area (Å²) in [6, 6.07) is 0. The van der Waals surface area contributed by atoms with Crippen LogP contribution in [0, 0.1) is 17.3 Å². The van der Waals surface area contributed by atoms with Gasteiger partial charge in [0.05, 0.1) is 0 Å². The van der Waals surface area contributed by atoms with Gasteiger partial charge in [-0.25, -0.2) is 0 Å². The van der Waals surface area contributed by atoms with E-state index in [0.717, 1.165) is 12.7 Å². The molecule has 1 aliphatic carbocycles. The topological polar surface area (TPSA) is 17.1 Å². The van der Waals surface area contributed by atoms with E-state index >= 15 is 0 Å². The molecular formula is C9H16O. The average Bonchev–Trinajstić information content (AvgIpc) is 1.57. The molecular weight excluding hydrogens is 124 g/mol. The Kier molecular flexibility index (Phi) is 1.84. The summed E-state index contributed by atoms with van der Waals surface area (Å²) in [4.78, 5) is 10.4. The number of hydrogen-bond donors (Lipinski definition) is 0. The lowest BCUT2D eigenvalue weighted by molar-refractivity contribution is -0.118. The second-order valence-corrected chi connectivity index (χ2v) is 4.35. The highest BCUT2D eigenvalue weighted by atomic mass is 16.1. The maximum Gasteiger partial charge on any atom is 0.123 e. The van der Waals surface area contributed by atoms with Crippen LogP contribution in [0.2, 0.25) is 0 Å². The first-order chi connectivity index (χ1) is 4.55. The van der Waals surface area contributed by atoms with Gasteiger partial charge in [-0.1, -0.05) is 20.8 Å². The van der Waals surface area contributed by atoms with E-state index in [4.69, 9.17) is 0 Å². The van der Waals surface area contributed by atoms with Gasteiger partial charge in [-0.3, -0.25) is 0 Å². The summed E-state index contributed by atoms with van der Waals surface area (Å²) in [6.07, 6.45) is 3.48. The van der Waals surface area contributed by atoms with E-state index in [0.29, 0.717) is 17.3 Å². The molecule has 1 saturated carbocycles. The lowest BCUT2D eigenvalue weighted by Crippen LogP contribution is -2.37. The largest absolute Gasteiger partial charge is 0.303 e. The molecule has 2 unspecified atom stereocenters. The fourth-order valence-electron chi connectivity index (χ4n) is 1.76. The van der Waals surface area contributed by atoms with E-state index in [1.807, 2.05) is 0 Å². The molecule has 0 radical (unpaired) electrons. The predicted octanol–water partition coefficient (Wildman–Crippen LogP) is 2.26. The van der Waals surface area contributed by atoms with Crippen molar-refractivity contribution in [2.24, 2.45) is 17.3 Å². The van der Waals surface area contributed by atoms with E-state index in [1.165, 1.54) is 6.42 Å². The third kappa shape index (κ3) is 1.23. The number of hydrogen-bond acceptors (Lipinski definition) is 1. The fourth-order valence-corrected chi connectivity index (χ4v) is 1.76. The molecule has 0 aromatic rings. The standard InChI is InChI=1S/C9H16O/c1-9(2,3)8-5-4-7(8)6-10/h6-8H,4-5H2,1-3H3. The SMILES string of the molecule is CC(C)(C)C1CCC1C=O. The normalized spacial score (nSPS) is 33.1. The summed E-state index contributed by atoms with van der Waals surface area (Å²) in [5.41, 5.74) is 0.337. The van der Waals surface area contributed by atoms with Gasteiger partial charge >= 0.3 is 0 Å². The molecule has 0 N–H and O–H groups in total. The van der Waals surface area contributed by atoms with Crippen molar-refractivity contribution in [3.8, 4) is 0 Å². The quantitative estimate of drug-likeness (QED) is 0.510. The van der Waals surface area contributed by atoms with Gasteiger partial charge in [-0.05, 0) is 24.2 Å². The molecule has 0 aromatic carbocycles. The first-order valence-corrected chi connectivity index (χ1v) is 4.01. The molecule has 1 rings (SSSR count). The van der Waals surface area contributed by atoms with Crippen molar-refractivity contribution in [2.75, 3.05) is 0 Å². The van der Waals surface area contributed by atoms with Crippen LogP contribution in [0.4, 0.5) is 0 Å². The average molecular weight is 140 g/mol. The summed E-state index contributed by atoms with van der Waals surface area (Å²) < 4.78 is 0. The maximum absolute atomic E-state index is 10.4. The molecule has 0 saturated heterocycles. The Hall–Kier alpha value is -0.330. The minimum absolute atomic E-state index is 0.337. The van der Waals surface area contributed by atoms with Crippen LogP contribution in [0.15, 0.2) is 0 Å². The third-order valence-electron chi connectivity index (χ3n) is 2.61. The summed E-state index contributed by atoms with van der Waals surface area (Å²) in [5, 5.41) is 0. The molecule has 0 heterocycles. The number of rotatable bonds is 1. The van der Waals surface area contributed by atoms with E-state index in [-0.39, 0.29) is 0 Å². The Morgan fingerprint density at radius 3 is 2.00 bits per heavy atom. The summed E-state index contributed by atoms with van der Waals surface area (Å²) in [5.74, 6) is 1.00. The van der Waals surface area contributed by atoms with Crippen molar-refractivity contribution in [3.05, 3.63) is 0 Å². The highest BCUT2D eigenvalue weighted by Crippen LogP contribution is 2.44. The second kappa shape index (κ2) is 2.37. The van der Waals surface area contributed by atoms with Crippen LogP contribution in [-0.4, -0.2) is 6.29 Å². The van der Waals surface area contributed by atoms with Crippen molar-refractivity contribution < 1.29 is 4.79 Å². The van der Waals surface area contributed by atoms with Crippen molar-refractivity contribution >= 4 is 6.29 Å². The van der Waals surface area contributed by atoms with Gasteiger partial charge in [-0.15, -0.1) is 0 Å². The van der Waals surface area contributed by atoms with Crippen LogP contribution in [0.5, 0.6) is 0 Å². The predicted molar refractivity (Wildman–Crippen MR) is 41.7 cm³/mol. The lowest BCUT2D eigenvalue weighted by Gasteiger charge is -2.42. The van der Waals surface area contributed by atoms with E-state index < -0.39 is 0 Å². The summed E-state index contributed by atoms with van der Waals surface area (Å²) in [7, 11) is 0. The summed E-state index contributed by atoms with van der Waals surface area (Å²) >= 11 is 0. The fraction of sp³-hybridized carbons (Fsp3) is 0.889. The molecule has 0 spiro atoms. The number of carbonyl (C=O) groups excluding carboxylic acids is 1. The van der Waals surface area contributed by atoms with Gasteiger partial charge in [0.25, 0.3) is 0 Å². The Bertz CT molecular complexity index is 132. The van der Waals surface area contributed by atoms with Crippen molar-refractivity contribution in [2.45, 2.75) is 33.6 Å². The maximum atomic E-state index is 10.4. The lowest BCUT2D eigenvalue weighted by atomic mass is 9.62. The Morgan fingerprint density at radius 2 is 1.90 bits per heavy atom. The Morgan fingerprint density at radius 1 is 1.30 bits per heavy atom. The molecule has 0 aromatic heterocycles. The van der Waals surface area contributed by atoms with Crippen LogP contribution >= 0.6 is 0 Å². The van der Waals surface area contributed by atoms with E-state index in [9.17, 15) is 4.79 Å². The molecule has 1 nitrogen and oxygen atoms in total. The third-order valence-corrected chi connectivity index (χ3v) is 2.61. The molecule has 1 aliphatic rings. The zero-order chi connectivity index (χ0) is 7.78. The monoisotopic (exact) mass is 140 g/mol. The molecule has 0 amide bonds. The van der Waals surface area contributed by atoms with Gasteiger partial charge in [0.2, 0.25) is 0 Å². The van der Waals surface area contributed by atoms with Crippen molar-refractivity contribution in [1.82, 2.24) is 0 Å². The van der Waals surface area contributed by atoms with Crippen molar-refractivity contribution in [1.29, 1.82) is 0 Å². The van der Waals surface area contributed by atoms with Crippen LogP contribution in [0.1, 0.15) is 33.6 Å². The van der Waals surface area contributed by atoms with Gasteiger partial charge in [0.1, 0.15) is 6.29 Å². The highest BCUT2D eigenvalue weighted by molar-refractivity contribution is 5.55. The van der Waals surface area contributed by atoms with Gasteiger partial charge in [-0.2, -0.15) is 0 Å². The minimum Gasteiger partial charge on any atom is -0.303 e. The number of aldehydes is 1. The first-order valence-electron chi connectivity index (χ1n) is 4.01. The Labute approximate surface area is 62.8 Å². The molecule has 0 aliphatic heterocycles. The smallest absolute Gasteiger partial charge is 0.123 e. The molecule has 58 valence electrons. The Balaban J connectivity index is 2.50. The van der Waals surface area contributed by atoms with Gasteiger partial charge < -0.3 is 4.79 Å². The molecule has 1 heteroatoms. The van der Waals surface area contributed by atoms with E-state index in [2.05, 4.69) is 20.8 Å². The van der Waals surface area contributed by atoms with Crippen LogP contribution in [-0.2, 0) is 4.79 Å². The van der Waals surface area contributed by atoms with Crippen molar-refractivity contribution in [3.63, 3.8) is 0 Å². The molecule has 2 atom stereocenters. The second-order valence-electron chi connectivity index (χ2n) is 4.35. The number of carbonyl (C=O) groups is 1. The molecule has 0 bridgehead atoms. The van der Waals surface area contributed by atoms with Crippen LogP contribution in [0.25, 0.3) is 0 Å². The minimum atomic E-state index is 0.337. The zero-order valence-electron chi connectivity index (χ0n) is 7.05. The zero-order valence-corrected chi connectivity index (χ0v) is 7.05. The molecule has 10 heavy (non-hydrogen) atoms. The van der Waals surface area contributed by atoms with E-state index in [1.54, 1.807) is 0 Å². The highest BCUT2D eigenvalue weighted by Gasteiger charge is 2.38. The first kappa shape index (κ1) is 7.77. The van der Waals surface area contributed by atoms with Gasteiger partial charge in [0, 0.05) is 5.92 Å². The molecule has 1 fully saturated rings.